The van der Waals surface area contributed by atoms with Crippen molar-refractivity contribution in [2.45, 2.75) is 403 Å². The maximum Gasteiger partial charge on any atom is 0.305 e. The van der Waals surface area contributed by atoms with Crippen LogP contribution in [0.5, 0.6) is 0 Å². The van der Waals surface area contributed by atoms with Crippen molar-refractivity contribution >= 4 is 11.9 Å². The van der Waals surface area contributed by atoms with Gasteiger partial charge >= 0.3 is 5.97 Å². The lowest BCUT2D eigenvalue weighted by Gasteiger charge is -2.40. The highest BCUT2D eigenvalue weighted by molar-refractivity contribution is 5.76. The van der Waals surface area contributed by atoms with Crippen LogP contribution < -0.4 is 5.32 Å². The molecular weight excluding hydrogens is 1040 g/mol. The average molecular weight is 1180 g/mol. The number of rotatable bonds is 64. The lowest BCUT2D eigenvalue weighted by molar-refractivity contribution is -0.302. The molecule has 1 aliphatic rings. The molecule has 0 aliphatic carbocycles. The van der Waals surface area contributed by atoms with E-state index in [0.717, 1.165) is 51.4 Å². The van der Waals surface area contributed by atoms with Crippen molar-refractivity contribution in [1.82, 2.24) is 5.32 Å². The lowest BCUT2D eigenvalue weighted by Crippen LogP contribution is -2.60. The zero-order valence-corrected chi connectivity index (χ0v) is 54.4. The van der Waals surface area contributed by atoms with E-state index in [1.165, 1.54) is 283 Å². The highest BCUT2D eigenvalue weighted by Crippen LogP contribution is 2.23. The van der Waals surface area contributed by atoms with E-state index in [1.54, 1.807) is 6.08 Å². The summed E-state index contributed by atoms with van der Waals surface area (Å²) in [5.41, 5.74) is 0. The quantitative estimate of drug-likeness (QED) is 0.0195. The molecule has 0 aromatic heterocycles. The first-order valence-corrected chi connectivity index (χ1v) is 36.1. The molecule has 0 spiro atoms. The van der Waals surface area contributed by atoms with E-state index in [-0.39, 0.29) is 18.5 Å². The lowest BCUT2D eigenvalue weighted by atomic mass is 9.99. The normalized spacial score (nSPS) is 18.2. The van der Waals surface area contributed by atoms with Gasteiger partial charge in [-0.15, -0.1) is 0 Å². The van der Waals surface area contributed by atoms with Crippen LogP contribution in [0.15, 0.2) is 24.3 Å². The molecule has 6 N–H and O–H groups in total. The van der Waals surface area contributed by atoms with Gasteiger partial charge in [0.15, 0.2) is 6.29 Å². The molecule has 83 heavy (non-hydrogen) atoms. The molecule has 0 radical (unpaired) electrons. The van der Waals surface area contributed by atoms with Gasteiger partial charge in [-0.2, -0.15) is 0 Å². The molecule has 0 aromatic carbocycles. The Morgan fingerprint density at radius 1 is 0.434 bits per heavy atom. The fourth-order valence-electron chi connectivity index (χ4n) is 11.6. The fraction of sp³-hybridized carbons (Fsp3) is 0.917. The van der Waals surface area contributed by atoms with Crippen LogP contribution >= 0.6 is 0 Å². The van der Waals surface area contributed by atoms with Crippen LogP contribution in [0.1, 0.15) is 361 Å². The highest BCUT2D eigenvalue weighted by Gasteiger charge is 2.44. The van der Waals surface area contributed by atoms with E-state index >= 15 is 0 Å². The van der Waals surface area contributed by atoms with Gasteiger partial charge < -0.3 is 45.1 Å². The second-order valence-corrected chi connectivity index (χ2v) is 25.3. The van der Waals surface area contributed by atoms with Gasteiger partial charge in [0.25, 0.3) is 0 Å². The molecule has 0 aromatic rings. The van der Waals surface area contributed by atoms with Gasteiger partial charge in [-0.25, -0.2) is 0 Å². The van der Waals surface area contributed by atoms with Gasteiger partial charge in [-0.05, 0) is 57.8 Å². The standard InChI is InChI=1S/C72H137NO10/c1-3-5-7-9-11-13-39-44-48-52-56-60-68(77)81-61-57-53-49-45-41-38-36-34-32-30-28-26-24-22-20-18-16-14-15-17-19-21-23-25-27-29-31-33-35-37-40-43-47-51-55-59-67(76)73-64(65(75)58-54-50-46-42-12-10-8-6-4-2)63-82-72-71(80)70(79)69(78)66(62-74)83-72/h16,18,54,58,64-66,69-72,74-75,78-80H,3-15,17,19-53,55-57,59-63H2,1-2H3,(H,73,76)/b18-16-,58-54+. The highest BCUT2D eigenvalue weighted by atomic mass is 16.7. The van der Waals surface area contributed by atoms with E-state index in [4.69, 9.17) is 14.2 Å². The molecular formula is C72H137NO10. The third kappa shape index (κ3) is 50.8. The van der Waals surface area contributed by atoms with Crippen LogP contribution in [0.2, 0.25) is 0 Å². The van der Waals surface area contributed by atoms with Crippen molar-refractivity contribution in [2.75, 3.05) is 19.8 Å². The number of nitrogens with one attached hydrogen (secondary N) is 1. The fourth-order valence-corrected chi connectivity index (χ4v) is 11.6. The van der Waals surface area contributed by atoms with Crippen molar-refractivity contribution in [3.63, 3.8) is 0 Å². The largest absolute Gasteiger partial charge is 0.466 e. The number of esters is 1. The van der Waals surface area contributed by atoms with E-state index in [1.807, 2.05) is 6.08 Å². The van der Waals surface area contributed by atoms with Crippen LogP contribution in [0.25, 0.3) is 0 Å². The monoisotopic (exact) mass is 1180 g/mol. The first-order valence-electron chi connectivity index (χ1n) is 36.1. The summed E-state index contributed by atoms with van der Waals surface area (Å²) in [7, 11) is 0. The zero-order valence-electron chi connectivity index (χ0n) is 54.4. The number of carbonyl (C=O) groups excluding carboxylic acids is 2. The zero-order chi connectivity index (χ0) is 60.2. The summed E-state index contributed by atoms with van der Waals surface area (Å²) in [6, 6.07) is -0.805. The predicted octanol–water partition coefficient (Wildman–Crippen LogP) is 18.4. The minimum atomic E-state index is -1.57. The molecule has 1 aliphatic heterocycles. The molecule has 0 saturated carbocycles. The Morgan fingerprint density at radius 2 is 0.771 bits per heavy atom. The molecule has 11 nitrogen and oxygen atoms in total. The average Bonchev–Trinajstić information content (AvgIpc) is 3.69. The number of unbranched alkanes of at least 4 members (excludes halogenated alkanes) is 48. The number of aliphatic hydroxyl groups excluding tert-OH is 5. The second-order valence-electron chi connectivity index (χ2n) is 25.3. The van der Waals surface area contributed by atoms with Crippen LogP contribution in [0.4, 0.5) is 0 Å². The van der Waals surface area contributed by atoms with Gasteiger partial charge in [-0.1, -0.05) is 314 Å². The summed E-state index contributed by atoms with van der Waals surface area (Å²) in [5, 5.41) is 54.3. The summed E-state index contributed by atoms with van der Waals surface area (Å²) >= 11 is 0. The smallest absolute Gasteiger partial charge is 0.305 e. The molecule has 490 valence electrons. The Morgan fingerprint density at radius 3 is 1.16 bits per heavy atom. The van der Waals surface area contributed by atoms with Crippen molar-refractivity contribution in [3.8, 4) is 0 Å². The molecule has 11 heteroatoms. The second kappa shape index (κ2) is 61.8. The third-order valence-electron chi connectivity index (χ3n) is 17.3. The Balaban J connectivity index is 1.89. The number of hydrogen-bond donors (Lipinski definition) is 6. The third-order valence-corrected chi connectivity index (χ3v) is 17.3. The minimum absolute atomic E-state index is 0.0136. The van der Waals surface area contributed by atoms with Gasteiger partial charge in [0.05, 0.1) is 32.0 Å². The Hall–Kier alpha value is -1.86. The summed E-state index contributed by atoms with van der Waals surface area (Å²) in [4.78, 5) is 25.0. The van der Waals surface area contributed by atoms with Gasteiger partial charge in [0.1, 0.15) is 24.4 Å². The minimum Gasteiger partial charge on any atom is -0.466 e. The molecule has 1 rings (SSSR count). The van der Waals surface area contributed by atoms with Gasteiger partial charge in [-0.3, -0.25) is 9.59 Å². The number of hydrogen-bond acceptors (Lipinski definition) is 10. The van der Waals surface area contributed by atoms with Crippen LogP contribution in [-0.2, 0) is 23.8 Å². The summed E-state index contributed by atoms with van der Waals surface area (Å²) in [6.07, 6.45) is 67.8. The summed E-state index contributed by atoms with van der Waals surface area (Å²) in [5.74, 6) is -0.165. The van der Waals surface area contributed by atoms with E-state index in [9.17, 15) is 35.1 Å². The van der Waals surface area contributed by atoms with Crippen LogP contribution in [-0.4, -0.2) is 100 Å². The van der Waals surface area contributed by atoms with Crippen molar-refractivity contribution in [2.24, 2.45) is 0 Å². The Labute approximate surface area is 511 Å². The number of amides is 1. The van der Waals surface area contributed by atoms with Gasteiger partial charge in [0, 0.05) is 12.8 Å². The van der Waals surface area contributed by atoms with Crippen molar-refractivity contribution < 1.29 is 49.3 Å². The maximum atomic E-state index is 13.0. The first kappa shape index (κ1) is 79.2. The van der Waals surface area contributed by atoms with Crippen molar-refractivity contribution in [1.29, 1.82) is 0 Å². The van der Waals surface area contributed by atoms with Gasteiger partial charge in [0.2, 0.25) is 5.91 Å². The van der Waals surface area contributed by atoms with Crippen molar-refractivity contribution in [3.05, 3.63) is 24.3 Å². The predicted molar refractivity (Wildman–Crippen MR) is 348 cm³/mol. The molecule has 1 heterocycles. The van der Waals surface area contributed by atoms with E-state index in [0.29, 0.717) is 19.4 Å². The Kier molecular flexibility index (Phi) is 58.9. The summed E-state index contributed by atoms with van der Waals surface area (Å²) < 4.78 is 16.7. The molecule has 1 saturated heterocycles. The number of aliphatic hydroxyl groups is 5. The molecule has 7 atom stereocenters. The molecule has 1 fully saturated rings. The number of ether oxygens (including phenoxy) is 3. The van der Waals surface area contributed by atoms with Crippen LogP contribution in [0, 0.1) is 0 Å². The number of carbonyl (C=O) groups is 2. The van der Waals surface area contributed by atoms with E-state index in [2.05, 4.69) is 31.3 Å². The molecule has 1 amide bonds. The van der Waals surface area contributed by atoms with Crippen LogP contribution in [0.3, 0.4) is 0 Å². The Bertz CT molecular complexity index is 1430. The molecule has 0 bridgehead atoms. The topological polar surface area (TPSA) is 175 Å². The summed E-state index contributed by atoms with van der Waals surface area (Å²) in [6.45, 7) is 4.35. The molecule has 7 unspecified atom stereocenters. The maximum absolute atomic E-state index is 13.0. The first-order chi connectivity index (χ1) is 40.7. The van der Waals surface area contributed by atoms with E-state index < -0.39 is 49.5 Å². The SMILES string of the molecule is CCCCCCCCC/C=C/C(O)C(COC1OC(CO)C(O)C(O)C1O)NC(=O)CCCCCCCCCCCCCCCCCCC/C=C\CCCCCCCCCCCCCCCCOC(=O)CCCCCCCCCCCCC. The number of allylic oxidation sites excluding steroid dienone is 3.